The van der Waals surface area contributed by atoms with Gasteiger partial charge in [-0.15, -0.1) is 0 Å². The Morgan fingerprint density at radius 3 is 1.96 bits per heavy atom. The molecule has 0 saturated carbocycles. The van der Waals surface area contributed by atoms with Gasteiger partial charge in [0.05, 0.1) is 6.61 Å². The molecule has 128 valence electrons. The number of hydrogen-bond donors (Lipinski definition) is 1. The molecule has 0 fully saturated rings. The number of aromatic nitrogens is 2. The van der Waals surface area contributed by atoms with Gasteiger partial charge in [0.15, 0.2) is 5.82 Å². The van der Waals surface area contributed by atoms with Gasteiger partial charge < -0.3 is 15.4 Å². The topological polar surface area (TPSA) is 64.3 Å². The van der Waals surface area contributed by atoms with Crippen LogP contribution in [0, 0.1) is 0 Å². The number of hydrogen-bond acceptors (Lipinski definition) is 5. The van der Waals surface area contributed by atoms with Crippen LogP contribution in [0.3, 0.4) is 0 Å². The van der Waals surface area contributed by atoms with E-state index in [-0.39, 0.29) is 0 Å². The number of nitrogen functional groups attached to an aromatic ring is 1. The van der Waals surface area contributed by atoms with E-state index < -0.39 is 0 Å². The van der Waals surface area contributed by atoms with Gasteiger partial charge in [-0.1, -0.05) is 60.7 Å². The van der Waals surface area contributed by atoms with Crippen LogP contribution in [0.4, 0.5) is 11.5 Å². The van der Waals surface area contributed by atoms with Gasteiger partial charge in [0.1, 0.15) is 12.0 Å². The number of ether oxygens (including phenoxy) is 1. The first-order chi connectivity index (χ1) is 12.3. The van der Waals surface area contributed by atoms with E-state index in [1.165, 1.54) is 17.5 Å². The molecule has 1 aromatic heterocycles. The average molecular weight is 334 g/mol. The van der Waals surface area contributed by atoms with E-state index >= 15 is 0 Å². The van der Waals surface area contributed by atoms with Crippen LogP contribution in [0.15, 0.2) is 67.0 Å². The first kappa shape index (κ1) is 16.8. The van der Waals surface area contributed by atoms with Gasteiger partial charge in [0.2, 0.25) is 5.88 Å². The van der Waals surface area contributed by atoms with E-state index in [9.17, 15) is 0 Å². The molecular formula is C20H22N4O. The predicted octanol–water partition coefficient (Wildman–Crippen LogP) is 3.66. The zero-order valence-electron chi connectivity index (χ0n) is 14.3. The number of anilines is 2. The summed E-state index contributed by atoms with van der Waals surface area (Å²) in [5, 5.41) is 0. The SMILES string of the molecule is CCOc1ncnc(N(Cc2ccccc2)Cc2ccccc2)c1N. The van der Waals surface area contributed by atoms with E-state index in [4.69, 9.17) is 10.5 Å². The van der Waals surface area contributed by atoms with E-state index in [0.717, 1.165) is 0 Å². The Kier molecular flexibility index (Phi) is 5.46. The second kappa shape index (κ2) is 8.15. The van der Waals surface area contributed by atoms with Crippen molar-refractivity contribution in [1.29, 1.82) is 0 Å². The van der Waals surface area contributed by atoms with Gasteiger partial charge in [-0.2, -0.15) is 4.98 Å². The number of nitrogens with two attached hydrogens (primary N) is 1. The van der Waals surface area contributed by atoms with Gasteiger partial charge in [-0.05, 0) is 18.1 Å². The van der Waals surface area contributed by atoms with Gasteiger partial charge in [-0.25, -0.2) is 4.98 Å². The molecule has 0 atom stereocenters. The summed E-state index contributed by atoms with van der Waals surface area (Å²) in [6, 6.07) is 20.5. The molecule has 0 spiro atoms. The summed E-state index contributed by atoms with van der Waals surface area (Å²) in [6.07, 6.45) is 1.50. The molecule has 0 saturated heterocycles. The molecule has 0 bridgehead atoms. The highest BCUT2D eigenvalue weighted by atomic mass is 16.5. The van der Waals surface area contributed by atoms with E-state index in [2.05, 4.69) is 39.1 Å². The quantitative estimate of drug-likeness (QED) is 0.714. The van der Waals surface area contributed by atoms with Crippen LogP contribution in [0.2, 0.25) is 0 Å². The van der Waals surface area contributed by atoms with E-state index in [1.54, 1.807) is 0 Å². The van der Waals surface area contributed by atoms with Crippen molar-refractivity contribution < 1.29 is 4.74 Å². The third-order valence-electron chi connectivity index (χ3n) is 3.84. The standard InChI is InChI=1S/C20H22N4O/c1-2-25-20-18(21)19(22-15-23-20)24(13-16-9-5-3-6-10-16)14-17-11-7-4-8-12-17/h3-12,15H,2,13-14,21H2,1H3. The lowest BCUT2D eigenvalue weighted by Gasteiger charge is -2.25. The van der Waals surface area contributed by atoms with Crippen molar-refractivity contribution in [2.45, 2.75) is 20.0 Å². The Balaban J connectivity index is 1.94. The smallest absolute Gasteiger partial charge is 0.242 e. The molecule has 0 aliphatic rings. The van der Waals surface area contributed by atoms with Crippen molar-refractivity contribution in [1.82, 2.24) is 9.97 Å². The van der Waals surface area contributed by atoms with Crippen LogP contribution in [0.5, 0.6) is 5.88 Å². The third-order valence-corrected chi connectivity index (χ3v) is 3.84. The molecule has 0 unspecified atom stereocenters. The zero-order valence-corrected chi connectivity index (χ0v) is 14.3. The maximum absolute atomic E-state index is 6.29. The molecule has 1 heterocycles. The van der Waals surface area contributed by atoms with Crippen molar-refractivity contribution in [2.24, 2.45) is 0 Å². The molecule has 25 heavy (non-hydrogen) atoms. The summed E-state index contributed by atoms with van der Waals surface area (Å²) in [5.74, 6) is 1.12. The fraction of sp³-hybridized carbons (Fsp3) is 0.200. The van der Waals surface area contributed by atoms with Crippen LogP contribution >= 0.6 is 0 Å². The summed E-state index contributed by atoms with van der Waals surface area (Å²) in [4.78, 5) is 10.7. The second-order valence-electron chi connectivity index (χ2n) is 5.68. The van der Waals surface area contributed by atoms with Crippen molar-refractivity contribution in [3.63, 3.8) is 0 Å². The molecule has 0 radical (unpaired) electrons. The first-order valence-corrected chi connectivity index (χ1v) is 8.34. The van der Waals surface area contributed by atoms with Crippen LogP contribution in [-0.4, -0.2) is 16.6 Å². The van der Waals surface area contributed by atoms with Crippen molar-refractivity contribution >= 4 is 11.5 Å². The minimum atomic E-state index is 0.429. The van der Waals surface area contributed by atoms with E-state index in [1.807, 2.05) is 43.3 Å². The lowest BCUT2D eigenvalue weighted by molar-refractivity contribution is 0.328. The maximum Gasteiger partial charge on any atom is 0.242 e. The van der Waals surface area contributed by atoms with Crippen molar-refractivity contribution in [3.05, 3.63) is 78.1 Å². The normalized spacial score (nSPS) is 10.4. The molecule has 0 amide bonds. The van der Waals surface area contributed by atoms with Crippen LogP contribution < -0.4 is 15.4 Å². The summed E-state index contributed by atoms with van der Waals surface area (Å²) in [6.45, 7) is 3.82. The van der Waals surface area contributed by atoms with Gasteiger partial charge in [0, 0.05) is 13.1 Å². The molecule has 3 rings (SSSR count). The fourth-order valence-corrected chi connectivity index (χ4v) is 2.69. The number of nitrogens with zero attached hydrogens (tertiary/aromatic N) is 3. The minimum absolute atomic E-state index is 0.429. The average Bonchev–Trinajstić information content (AvgIpc) is 2.65. The molecule has 2 N–H and O–H groups in total. The van der Waals surface area contributed by atoms with Crippen molar-refractivity contribution in [3.8, 4) is 5.88 Å². The molecule has 5 nitrogen and oxygen atoms in total. The highest BCUT2D eigenvalue weighted by molar-refractivity contribution is 5.67. The molecule has 0 aliphatic heterocycles. The summed E-state index contributed by atoms with van der Waals surface area (Å²) in [7, 11) is 0. The second-order valence-corrected chi connectivity index (χ2v) is 5.68. The lowest BCUT2D eigenvalue weighted by Crippen LogP contribution is -2.24. The summed E-state index contributed by atoms with van der Waals surface area (Å²) in [5.41, 5.74) is 9.13. The molecule has 5 heteroatoms. The Morgan fingerprint density at radius 2 is 1.44 bits per heavy atom. The summed E-state index contributed by atoms with van der Waals surface area (Å²) < 4.78 is 5.53. The highest BCUT2D eigenvalue weighted by Crippen LogP contribution is 2.30. The Morgan fingerprint density at radius 1 is 0.880 bits per heavy atom. The lowest BCUT2D eigenvalue weighted by atomic mass is 10.1. The Bertz CT molecular complexity index is 752. The number of benzene rings is 2. The predicted molar refractivity (Wildman–Crippen MR) is 100 cm³/mol. The molecule has 3 aromatic rings. The van der Waals surface area contributed by atoms with E-state index in [0.29, 0.717) is 37.1 Å². The molecule has 0 aliphatic carbocycles. The van der Waals surface area contributed by atoms with Gasteiger partial charge in [0.25, 0.3) is 0 Å². The van der Waals surface area contributed by atoms with Crippen LogP contribution in [0.1, 0.15) is 18.1 Å². The molecule has 2 aromatic carbocycles. The highest BCUT2D eigenvalue weighted by Gasteiger charge is 2.17. The van der Waals surface area contributed by atoms with Crippen LogP contribution in [0.25, 0.3) is 0 Å². The molecular weight excluding hydrogens is 312 g/mol. The fourth-order valence-electron chi connectivity index (χ4n) is 2.69. The van der Waals surface area contributed by atoms with Crippen LogP contribution in [-0.2, 0) is 13.1 Å². The Labute approximate surface area is 148 Å². The summed E-state index contributed by atoms with van der Waals surface area (Å²) >= 11 is 0. The first-order valence-electron chi connectivity index (χ1n) is 8.34. The van der Waals surface area contributed by atoms with Gasteiger partial charge in [-0.3, -0.25) is 0 Å². The van der Waals surface area contributed by atoms with Crippen molar-refractivity contribution in [2.75, 3.05) is 17.2 Å². The monoisotopic (exact) mass is 334 g/mol. The third kappa shape index (κ3) is 4.26. The maximum atomic E-state index is 6.29. The number of rotatable bonds is 7. The zero-order chi connectivity index (χ0) is 17.5. The van der Waals surface area contributed by atoms with Gasteiger partial charge >= 0.3 is 0 Å². The minimum Gasteiger partial charge on any atom is -0.476 e. The largest absolute Gasteiger partial charge is 0.476 e. The Hall–Kier alpha value is -3.08.